The molecule has 1 saturated carbocycles. The summed E-state index contributed by atoms with van der Waals surface area (Å²) in [5.74, 6) is 1.86. The summed E-state index contributed by atoms with van der Waals surface area (Å²) in [7, 11) is 0. The van der Waals surface area contributed by atoms with Crippen molar-refractivity contribution in [3.8, 4) is 10.7 Å². The van der Waals surface area contributed by atoms with Crippen LogP contribution in [0.5, 0.6) is 0 Å². The van der Waals surface area contributed by atoms with Crippen LogP contribution in [0.2, 0.25) is 0 Å². The molecule has 3 aromatic heterocycles. The number of piperazine rings is 1. The van der Waals surface area contributed by atoms with Gasteiger partial charge in [-0.25, -0.2) is 9.97 Å². The molecule has 140 valence electrons. The third-order valence-electron chi connectivity index (χ3n) is 5.20. The molecule has 1 aliphatic carbocycles. The molecule has 4 heterocycles. The Balaban J connectivity index is 1.32. The van der Waals surface area contributed by atoms with Crippen LogP contribution in [0.15, 0.2) is 36.0 Å². The molecule has 0 atom stereocenters. The smallest absolute Gasteiger partial charge is 0.225 e. The highest BCUT2D eigenvalue weighted by atomic mass is 32.1. The summed E-state index contributed by atoms with van der Waals surface area (Å²) in [5, 5.41) is 7.01. The number of rotatable bonds is 5. The Bertz CT molecular complexity index is 952. The molecule has 0 spiro atoms. The van der Waals surface area contributed by atoms with Crippen LogP contribution in [0.1, 0.15) is 18.9 Å². The van der Waals surface area contributed by atoms with E-state index in [9.17, 15) is 0 Å². The molecule has 0 amide bonds. The largest absolute Gasteiger partial charge is 0.330 e. The average molecular weight is 401 g/mol. The first-order valence-corrected chi connectivity index (χ1v) is 10.7. The maximum atomic E-state index is 5.80. The van der Waals surface area contributed by atoms with E-state index in [4.69, 9.17) is 17.3 Å². The van der Waals surface area contributed by atoms with E-state index in [1.165, 1.54) is 22.6 Å². The van der Waals surface area contributed by atoms with Gasteiger partial charge in [0.2, 0.25) is 10.7 Å². The maximum absolute atomic E-state index is 5.80. The lowest BCUT2D eigenvalue weighted by Gasteiger charge is -2.31. The van der Waals surface area contributed by atoms with Crippen molar-refractivity contribution < 1.29 is 4.90 Å². The van der Waals surface area contributed by atoms with Gasteiger partial charge in [0, 0.05) is 18.4 Å². The molecule has 1 saturated heterocycles. The summed E-state index contributed by atoms with van der Waals surface area (Å²) < 4.78 is 5.17. The molecule has 0 radical (unpaired) electrons. The first kappa shape index (κ1) is 17.0. The van der Waals surface area contributed by atoms with Gasteiger partial charge >= 0.3 is 0 Å². The molecule has 1 aliphatic heterocycles. The van der Waals surface area contributed by atoms with Crippen molar-refractivity contribution in [2.45, 2.75) is 25.6 Å². The number of nitrogens with zero attached hydrogens (tertiary/aromatic N) is 6. The molecule has 9 heteroatoms. The van der Waals surface area contributed by atoms with Crippen LogP contribution < -0.4 is 9.80 Å². The van der Waals surface area contributed by atoms with E-state index in [-0.39, 0.29) is 0 Å². The first-order chi connectivity index (χ1) is 13.3. The van der Waals surface area contributed by atoms with Crippen LogP contribution in [0.4, 0.5) is 5.95 Å². The third kappa shape index (κ3) is 3.42. The second kappa shape index (κ2) is 7.14. The van der Waals surface area contributed by atoms with Crippen molar-refractivity contribution >= 4 is 29.5 Å². The van der Waals surface area contributed by atoms with Gasteiger partial charge in [-0.3, -0.25) is 4.57 Å². The summed E-state index contributed by atoms with van der Waals surface area (Å²) in [6, 6.07) is 6.60. The van der Waals surface area contributed by atoms with Gasteiger partial charge in [-0.05, 0) is 42.6 Å². The fourth-order valence-electron chi connectivity index (χ4n) is 3.61. The molecular formula is C18H22N7S2+. The number of hydrogen-bond donors (Lipinski definition) is 1. The van der Waals surface area contributed by atoms with Gasteiger partial charge in [0.25, 0.3) is 0 Å². The van der Waals surface area contributed by atoms with Crippen LogP contribution in [0, 0.1) is 4.77 Å². The zero-order chi connectivity index (χ0) is 18.2. The summed E-state index contributed by atoms with van der Waals surface area (Å²) in [6.07, 6.45) is 6.02. The second-order valence-corrected chi connectivity index (χ2v) is 8.44. The first-order valence-electron chi connectivity index (χ1n) is 9.38. The van der Waals surface area contributed by atoms with Gasteiger partial charge in [-0.2, -0.15) is 4.68 Å². The maximum Gasteiger partial charge on any atom is 0.225 e. The van der Waals surface area contributed by atoms with Gasteiger partial charge in [0.1, 0.15) is 0 Å². The van der Waals surface area contributed by atoms with Gasteiger partial charge in [0.15, 0.2) is 12.5 Å². The molecule has 0 aromatic carbocycles. The fourth-order valence-corrected chi connectivity index (χ4v) is 4.65. The summed E-state index contributed by atoms with van der Waals surface area (Å²) in [5.41, 5.74) is 0. The second-order valence-electron chi connectivity index (χ2n) is 7.13. The van der Waals surface area contributed by atoms with E-state index in [1.807, 2.05) is 10.7 Å². The van der Waals surface area contributed by atoms with Crippen molar-refractivity contribution in [2.24, 2.45) is 0 Å². The number of thiophene rings is 1. The van der Waals surface area contributed by atoms with Crippen LogP contribution in [-0.2, 0) is 6.67 Å². The molecule has 2 aliphatic rings. The number of hydrogen-bond acceptors (Lipinski definition) is 6. The minimum absolute atomic E-state index is 0.533. The predicted molar refractivity (Wildman–Crippen MR) is 108 cm³/mol. The number of quaternary nitrogens is 1. The van der Waals surface area contributed by atoms with E-state index in [1.54, 1.807) is 23.7 Å². The molecule has 2 fully saturated rings. The van der Waals surface area contributed by atoms with Crippen molar-refractivity contribution in [3.05, 3.63) is 40.7 Å². The Hall–Kier alpha value is -2.10. The fraction of sp³-hybridized carbons (Fsp3) is 0.444. The highest BCUT2D eigenvalue weighted by molar-refractivity contribution is 7.71. The summed E-state index contributed by atoms with van der Waals surface area (Å²) in [6.45, 7) is 4.79. The molecule has 0 bridgehead atoms. The van der Waals surface area contributed by atoms with Crippen molar-refractivity contribution in [1.82, 2.24) is 24.3 Å². The van der Waals surface area contributed by atoms with Crippen LogP contribution in [0.3, 0.4) is 0 Å². The van der Waals surface area contributed by atoms with E-state index in [0.29, 0.717) is 6.04 Å². The minimum atomic E-state index is 0.533. The molecule has 0 unspecified atom stereocenters. The molecule has 7 nitrogen and oxygen atoms in total. The molecule has 3 aromatic rings. The number of aromatic nitrogens is 5. The Kier molecular flexibility index (Phi) is 4.50. The SMILES string of the molecule is S=c1n(C[NH+]2CCN(c3ncccn3)CC2)nc(-c2cccs2)n1C1CC1. The zero-order valence-corrected chi connectivity index (χ0v) is 16.6. The lowest BCUT2D eigenvalue weighted by molar-refractivity contribution is -0.924. The topological polar surface area (TPSA) is 56.2 Å². The Morgan fingerprint density at radius 2 is 1.93 bits per heavy atom. The highest BCUT2D eigenvalue weighted by Crippen LogP contribution is 2.39. The average Bonchev–Trinajstić information content (AvgIpc) is 3.29. The quantitative estimate of drug-likeness (QED) is 0.660. The Morgan fingerprint density at radius 1 is 1.15 bits per heavy atom. The molecule has 27 heavy (non-hydrogen) atoms. The molecule has 5 rings (SSSR count). The van der Waals surface area contributed by atoms with Gasteiger partial charge in [-0.1, -0.05) is 6.07 Å². The van der Waals surface area contributed by atoms with Crippen LogP contribution in [-0.4, -0.2) is 50.5 Å². The predicted octanol–water partition coefficient (Wildman–Crippen LogP) is 1.63. The summed E-state index contributed by atoms with van der Waals surface area (Å²) >= 11 is 7.53. The Labute approximate surface area is 166 Å². The Morgan fingerprint density at radius 3 is 2.59 bits per heavy atom. The molecular weight excluding hydrogens is 378 g/mol. The lowest BCUT2D eigenvalue weighted by atomic mass is 10.3. The van der Waals surface area contributed by atoms with Crippen LogP contribution in [0.25, 0.3) is 10.7 Å². The van der Waals surface area contributed by atoms with Gasteiger partial charge in [0.05, 0.1) is 31.1 Å². The normalized spacial score (nSPS) is 18.1. The monoisotopic (exact) mass is 400 g/mol. The number of nitrogens with one attached hydrogen (secondary N) is 1. The van der Waals surface area contributed by atoms with Crippen molar-refractivity contribution in [2.75, 3.05) is 31.1 Å². The van der Waals surface area contributed by atoms with Crippen LogP contribution >= 0.6 is 23.6 Å². The lowest BCUT2D eigenvalue weighted by Crippen LogP contribution is -3.14. The highest BCUT2D eigenvalue weighted by Gasteiger charge is 2.30. The summed E-state index contributed by atoms with van der Waals surface area (Å²) in [4.78, 5) is 13.7. The number of anilines is 1. The van der Waals surface area contributed by atoms with Gasteiger partial charge < -0.3 is 9.80 Å². The van der Waals surface area contributed by atoms with Gasteiger partial charge in [-0.15, -0.1) is 16.4 Å². The third-order valence-corrected chi connectivity index (χ3v) is 6.48. The standard InChI is InChI=1S/C18H21N7S2/c26-18-24(21-16(15-3-1-12-27-15)25(18)14-4-5-14)13-22-8-10-23(11-9-22)17-19-6-2-7-20-17/h1-3,6-7,12,14H,4-5,8-11,13H2/p+1. The zero-order valence-electron chi connectivity index (χ0n) is 15.0. The van der Waals surface area contributed by atoms with Crippen molar-refractivity contribution in [1.29, 1.82) is 0 Å². The van der Waals surface area contributed by atoms with E-state index in [0.717, 1.165) is 49.4 Å². The van der Waals surface area contributed by atoms with E-state index in [2.05, 4.69) is 36.9 Å². The minimum Gasteiger partial charge on any atom is -0.330 e. The molecule has 1 N–H and O–H groups in total. The van der Waals surface area contributed by atoms with E-state index < -0.39 is 0 Å². The van der Waals surface area contributed by atoms with Crippen molar-refractivity contribution in [3.63, 3.8) is 0 Å². The van der Waals surface area contributed by atoms with E-state index >= 15 is 0 Å².